The van der Waals surface area contributed by atoms with Gasteiger partial charge in [-0.2, -0.15) is 0 Å². The van der Waals surface area contributed by atoms with Crippen LogP contribution in [0.3, 0.4) is 0 Å². The molecule has 0 rings (SSSR count). The van der Waals surface area contributed by atoms with Crippen molar-refractivity contribution in [1.29, 1.82) is 0 Å². The Balaban J connectivity index is 4.35. The first-order valence-electron chi connectivity index (χ1n) is 4.67. The zero-order valence-electron chi connectivity index (χ0n) is 9.12. The number of ether oxygens (including phenoxy) is 1. The average molecular weight is 201 g/mol. The second-order valence-corrected chi connectivity index (χ2v) is 3.35. The van der Waals surface area contributed by atoms with Crippen molar-refractivity contribution in [2.24, 2.45) is 0 Å². The van der Waals surface area contributed by atoms with Crippen LogP contribution in [0.1, 0.15) is 19.8 Å². The summed E-state index contributed by atoms with van der Waals surface area (Å²) in [5, 5.41) is 8.44. The Morgan fingerprint density at radius 2 is 2.14 bits per heavy atom. The van der Waals surface area contributed by atoms with Crippen molar-refractivity contribution in [3.8, 4) is 0 Å². The lowest BCUT2D eigenvalue weighted by Crippen LogP contribution is -2.33. The van der Waals surface area contributed by atoms with Gasteiger partial charge in [0.05, 0.1) is 0 Å². The molecule has 0 aromatic carbocycles. The van der Waals surface area contributed by atoms with Crippen LogP contribution in [0.2, 0.25) is 0 Å². The summed E-state index contributed by atoms with van der Waals surface area (Å²) in [7, 11) is 3.77. The summed E-state index contributed by atoms with van der Waals surface area (Å²) < 4.78 is 4.47. The minimum atomic E-state index is -0.593. The largest absolute Gasteiger partial charge is 0.435 e. The van der Waals surface area contributed by atoms with Crippen molar-refractivity contribution in [3.63, 3.8) is 0 Å². The van der Waals surface area contributed by atoms with E-state index in [1.54, 1.807) is 0 Å². The molecule has 0 radical (unpaired) electrons. The van der Waals surface area contributed by atoms with Gasteiger partial charge < -0.3 is 14.7 Å². The number of hydrogen-bond donors (Lipinski definition) is 1. The summed E-state index contributed by atoms with van der Waals surface area (Å²) in [6.45, 7) is 5.14. The zero-order valence-corrected chi connectivity index (χ0v) is 9.12. The SMILES string of the molecule is C=C(C(=O)OCO)C(CCC)N(C)C. The molecule has 0 amide bonds. The highest BCUT2D eigenvalue weighted by molar-refractivity contribution is 5.89. The van der Waals surface area contributed by atoms with Gasteiger partial charge in [0.15, 0.2) is 6.79 Å². The van der Waals surface area contributed by atoms with Gasteiger partial charge in [0.2, 0.25) is 0 Å². The molecule has 0 heterocycles. The number of nitrogens with zero attached hydrogens (tertiary/aromatic N) is 1. The van der Waals surface area contributed by atoms with E-state index in [-0.39, 0.29) is 6.04 Å². The first-order valence-corrected chi connectivity index (χ1v) is 4.67. The van der Waals surface area contributed by atoms with Gasteiger partial charge in [-0.25, -0.2) is 4.79 Å². The Bertz CT molecular complexity index is 202. The van der Waals surface area contributed by atoms with Gasteiger partial charge in [0, 0.05) is 11.6 Å². The van der Waals surface area contributed by atoms with E-state index >= 15 is 0 Å². The topological polar surface area (TPSA) is 49.8 Å². The van der Waals surface area contributed by atoms with Gasteiger partial charge in [-0.15, -0.1) is 0 Å². The van der Waals surface area contributed by atoms with Crippen LogP contribution in [0, 0.1) is 0 Å². The molecule has 0 aliphatic heterocycles. The van der Waals surface area contributed by atoms with Gasteiger partial charge in [0.1, 0.15) is 0 Å². The second-order valence-electron chi connectivity index (χ2n) is 3.35. The third-order valence-corrected chi connectivity index (χ3v) is 2.05. The molecule has 0 bridgehead atoms. The molecule has 4 heteroatoms. The molecular weight excluding hydrogens is 182 g/mol. The third-order valence-electron chi connectivity index (χ3n) is 2.05. The zero-order chi connectivity index (χ0) is 11.1. The third kappa shape index (κ3) is 3.89. The lowest BCUT2D eigenvalue weighted by atomic mass is 10.0. The number of likely N-dealkylation sites (N-methyl/N-ethyl adjacent to an activating group) is 1. The smallest absolute Gasteiger partial charge is 0.337 e. The van der Waals surface area contributed by atoms with E-state index < -0.39 is 12.8 Å². The molecule has 1 unspecified atom stereocenters. The average Bonchev–Trinajstić information content (AvgIpc) is 2.13. The molecule has 82 valence electrons. The van der Waals surface area contributed by atoms with Crippen molar-refractivity contribution in [2.45, 2.75) is 25.8 Å². The number of carbonyl (C=O) groups excluding carboxylic acids is 1. The number of aliphatic hydroxyl groups is 1. The molecule has 0 aromatic rings. The number of rotatable bonds is 6. The van der Waals surface area contributed by atoms with E-state index in [0.29, 0.717) is 5.57 Å². The summed E-state index contributed by atoms with van der Waals surface area (Å²) >= 11 is 0. The lowest BCUT2D eigenvalue weighted by Gasteiger charge is -2.24. The summed E-state index contributed by atoms with van der Waals surface area (Å²) in [4.78, 5) is 13.2. The summed E-state index contributed by atoms with van der Waals surface area (Å²) in [5.74, 6) is -0.528. The fraction of sp³-hybridized carbons (Fsp3) is 0.700. The van der Waals surface area contributed by atoms with Crippen LogP contribution in [0.25, 0.3) is 0 Å². The number of carbonyl (C=O) groups is 1. The first-order chi connectivity index (χ1) is 6.54. The number of hydrogen-bond acceptors (Lipinski definition) is 4. The predicted molar refractivity (Wildman–Crippen MR) is 54.7 cm³/mol. The molecule has 0 saturated heterocycles. The fourth-order valence-electron chi connectivity index (χ4n) is 1.30. The van der Waals surface area contributed by atoms with Crippen LogP contribution in [-0.4, -0.2) is 42.9 Å². The maximum atomic E-state index is 11.3. The summed E-state index contributed by atoms with van der Waals surface area (Å²) in [5.41, 5.74) is 0.394. The molecule has 0 saturated carbocycles. The van der Waals surface area contributed by atoms with Gasteiger partial charge in [-0.05, 0) is 20.5 Å². The fourth-order valence-corrected chi connectivity index (χ4v) is 1.30. The molecule has 0 aliphatic carbocycles. The summed E-state index contributed by atoms with van der Waals surface area (Å²) in [6, 6.07) is -0.0148. The standard InChI is InChI=1S/C10H19NO3/c1-5-6-9(11(3)4)8(2)10(13)14-7-12/h9,12H,2,5-7H2,1,3-4H3. The van der Waals surface area contributed by atoms with Gasteiger partial charge in [-0.1, -0.05) is 19.9 Å². The van der Waals surface area contributed by atoms with E-state index in [4.69, 9.17) is 5.11 Å². The molecule has 0 spiro atoms. The Labute approximate surface area is 85.2 Å². The van der Waals surface area contributed by atoms with Crippen LogP contribution >= 0.6 is 0 Å². The van der Waals surface area contributed by atoms with Crippen LogP contribution < -0.4 is 0 Å². The predicted octanol–water partition coefficient (Wildman–Crippen LogP) is 0.766. The number of esters is 1. The molecule has 0 fully saturated rings. The maximum Gasteiger partial charge on any atom is 0.337 e. The molecular formula is C10H19NO3. The van der Waals surface area contributed by atoms with E-state index in [1.165, 1.54) is 0 Å². The molecule has 4 nitrogen and oxygen atoms in total. The van der Waals surface area contributed by atoms with E-state index in [2.05, 4.69) is 11.3 Å². The molecule has 0 aromatic heterocycles. The van der Waals surface area contributed by atoms with E-state index in [0.717, 1.165) is 12.8 Å². The Hall–Kier alpha value is -0.870. The monoisotopic (exact) mass is 201 g/mol. The molecule has 1 N–H and O–H groups in total. The normalized spacial score (nSPS) is 12.6. The maximum absolute atomic E-state index is 11.3. The van der Waals surface area contributed by atoms with E-state index in [9.17, 15) is 4.79 Å². The molecule has 1 atom stereocenters. The molecule has 0 aliphatic rings. The van der Waals surface area contributed by atoms with Crippen LogP contribution in [0.5, 0.6) is 0 Å². The van der Waals surface area contributed by atoms with Crippen molar-refractivity contribution < 1.29 is 14.6 Å². The Kier molecular flexibility index (Phi) is 6.16. The lowest BCUT2D eigenvalue weighted by molar-refractivity contribution is -0.147. The highest BCUT2D eigenvalue weighted by Gasteiger charge is 2.20. The van der Waals surface area contributed by atoms with Crippen LogP contribution in [0.4, 0.5) is 0 Å². The first kappa shape index (κ1) is 13.1. The van der Waals surface area contributed by atoms with Gasteiger partial charge >= 0.3 is 5.97 Å². The van der Waals surface area contributed by atoms with Crippen molar-refractivity contribution in [1.82, 2.24) is 4.90 Å². The van der Waals surface area contributed by atoms with Crippen LogP contribution in [0.15, 0.2) is 12.2 Å². The number of aliphatic hydroxyl groups excluding tert-OH is 1. The summed E-state index contributed by atoms with van der Waals surface area (Å²) in [6.07, 6.45) is 1.82. The highest BCUT2D eigenvalue weighted by Crippen LogP contribution is 2.13. The van der Waals surface area contributed by atoms with Gasteiger partial charge in [-0.3, -0.25) is 0 Å². The minimum Gasteiger partial charge on any atom is -0.435 e. The van der Waals surface area contributed by atoms with E-state index in [1.807, 2.05) is 25.9 Å². The molecule has 14 heavy (non-hydrogen) atoms. The van der Waals surface area contributed by atoms with Crippen molar-refractivity contribution in [3.05, 3.63) is 12.2 Å². The Morgan fingerprint density at radius 1 is 1.57 bits per heavy atom. The van der Waals surface area contributed by atoms with Gasteiger partial charge in [0.25, 0.3) is 0 Å². The quantitative estimate of drug-likeness (QED) is 0.392. The second kappa shape index (κ2) is 6.56. The van der Waals surface area contributed by atoms with Crippen molar-refractivity contribution in [2.75, 3.05) is 20.9 Å². The van der Waals surface area contributed by atoms with Crippen molar-refractivity contribution >= 4 is 5.97 Å². The minimum absolute atomic E-state index is 0.0148. The van der Waals surface area contributed by atoms with Crippen LogP contribution in [-0.2, 0) is 9.53 Å². The highest BCUT2D eigenvalue weighted by atomic mass is 16.6. The Morgan fingerprint density at radius 3 is 2.50 bits per heavy atom.